The lowest BCUT2D eigenvalue weighted by Crippen LogP contribution is -2.51. The lowest BCUT2D eigenvalue weighted by Gasteiger charge is -2.56. The van der Waals surface area contributed by atoms with Crippen molar-refractivity contribution in [2.45, 2.75) is 110 Å². The second-order valence-corrected chi connectivity index (χ2v) is 17.0. The molecule has 0 heterocycles. The highest BCUT2D eigenvalue weighted by molar-refractivity contribution is 5.11. The molecule has 0 bridgehead atoms. The first-order valence-electron chi connectivity index (χ1n) is 16.1. The van der Waals surface area contributed by atoms with Crippen molar-refractivity contribution in [2.24, 2.45) is 112 Å². The van der Waals surface area contributed by atoms with E-state index in [1.165, 1.54) is 0 Å². The van der Waals surface area contributed by atoms with E-state index in [1.54, 1.807) is 12.8 Å². The van der Waals surface area contributed by atoms with Gasteiger partial charge in [0.15, 0.2) is 0 Å². The van der Waals surface area contributed by atoms with Crippen molar-refractivity contribution >= 4 is 0 Å². The highest BCUT2D eigenvalue weighted by Crippen LogP contribution is 2.69. The third-order valence-electron chi connectivity index (χ3n) is 14.1. The van der Waals surface area contributed by atoms with Crippen LogP contribution in [0.5, 0.6) is 0 Å². The number of hydrogen-bond donors (Lipinski definition) is 0. The van der Waals surface area contributed by atoms with E-state index < -0.39 is 0 Å². The molecular weight excluding hydrogens is 420 g/mol. The molecule has 0 N–H and O–H groups in total. The van der Waals surface area contributed by atoms with Gasteiger partial charge in [-0.05, 0) is 125 Å². The van der Waals surface area contributed by atoms with Gasteiger partial charge in [0.2, 0.25) is 0 Å². The van der Waals surface area contributed by atoms with Gasteiger partial charge in [-0.15, -0.1) is 0 Å². The Bertz CT molecular complexity index is 669. The van der Waals surface area contributed by atoms with Crippen molar-refractivity contribution in [1.29, 1.82) is 0 Å². The first kappa shape index (κ1) is 28.0. The Hall–Kier alpha value is 0. The molecule has 0 saturated heterocycles. The van der Waals surface area contributed by atoms with E-state index in [1.807, 2.05) is 0 Å². The standard InChI is InChI=1S/C30H52.C5H12/c1-13-15(3)23-11-24-16(4)14(2)20(8)28-22(10)18(6)26(30(24)28)12-25-17(5)21(9)27(19(13)7)29(23)25;1-5(2,3)4/h13-30H,11-12H2,1-10H3;1-4H3. The molecule has 5 aliphatic rings. The molecule has 0 nitrogen and oxygen atoms in total. The van der Waals surface area contributed by atoms with Crippen LogP contribution in [0.2, 0.25) is 0 Å². The lowest BCUT2D eigenvalue weighted by molar-refractivity contribution is -0.0842. The van der Waals surface area contributed by atoms with Crippen LogP contribution in [0.4, 0.5) is 0 Å². The number of hydrogen-bond acceptors (Lipinski definition) is 0. The van der Waals surface area contributed by atoms with Crippen molar-refractivity contribution in [3.63, 3.8) is 0 Å². The maximum absolute atomic E-state index is 2.67. The highest BCUT2D eigenvalue weighted by Gasteiger charge is 2.63. The van der Waals surface area contributed by atoms with Crippen molar-refractivity contribution in [2.75, 3.05) is 0 Å². The van der Waals surface area contributed by atoms with E-state index in [4.69, 9.17) is 0 Å². The summed E-state index contributed by atoms with van der Waals surface area (Å²) in [5.41, 5.74) is 0.500. The van der Waals surface area contributed by atoms with Crippen LogP contribution < -0.4 is 0 Å². The van der Waals surface area contributed by atoms with Crippen LogP contribution >= 0.6 is 0 Å². The van der Waals surface area contributed by atoms with E-state index in [0.717, 1.165) is 107 Å². The summed E-state index contributed by atoms with van der Waals surface area (Å²) < 4.78 is 0. The quantitative estimate of drug-likeness (QED) is 0.321. The second kappa shape index (κ2) is 9.63. The van der Waals surface area contributed by atoms with Gasteiger partial charge in [0, 0.05) is 0 Å². The van der Waals surface area contributed by atoms with E-state index in [9.17, 15) is 0 Å². The van der Waals surface area contributed by atoms with Crippen LogP contribution in [0.1, 0.15) is 110 Å². The minimum atomic E-state index is 0.500. The van der Waals surface area contributed by atoms with Gasteiger partial charge in [-0.1, -0.05) is 96.9 Å². The molecule has 0 spiro atoms. The molecule has 18 atom stereocenters. The molecule has 5 fully saturated rings. The van der Waals surface area contributed by atoms with Crippen molar-refractivity contribution < 1.29 is 0 Å². The van der Waals surface area contributed by atoms with Gasteiger partial charge < -0.3 is 0 Å². The summed E-state index contributed by atoms with van der Waals surface area (Å²) in [6.07, 6.45) is 3.15. The van der Waals surface area contributed by atoms with Crippen molar-refractivity contribution in [3.05, 3.63) is 0 Å². The minimum absolute atomic E-state index is 0.500. The molecule has 5 saturated carbocycles. The molecule has 0 aromatic rings. The Morgan fingerprint density at radius 1 is 0.314 bits per heavy atom. The van der Waals surface area contributed by atoms with Crippen LogP contribution in [0, 0.1) is 112 Å². The Morgan fingerprint density at radius 2 is 0.514 bits per heavy atom. The van der Waals surface area contributed by atoms with Gasteiger partial charge in [0.1, 0.15) is 0 Å². The molecule has 0 amide bonds. The van der Waals surface area contributed by atoms with Gasteiger partial charge in [-0.2, -0.15) is 0 Å². The maximum Gasteiger partial charge on any atom is -0.0318 e. The molecule has 0 heteroatoms. The molecule has 0 aromatic heterocycles. The summed E-state index contributed by atoms with van der Waals surface area (Å²) in [5, 5.41) is 0. The van der Waals surface area contributed by atoms with Crippen LogP contribution in [0.3, 0.4) is 0 Å². The van der Waals surface area contributed by atoms with Crippen LogP contribution in [-0.4, -0.2) is 0 Å². The molecular formula is C35H64. The van der Waals surface area contributed by atoms with E-state index in [0.29, 0.717) is 5.41 Å². The Kier molecular flexibility index (Phi) is 7.71. The van der Waals surface area contributed by atoms with E-state index in [2.05, 4.69) is 96.9 Å². The fraction of sp³-hybridized carbons (Fsp3) is 1.00. The number of rotatable bonds is 0. The smallest absolute Gasteiger partial charge is 0.0318 e. The van der Waals surface area contributed by atoms with Gasteiger partial charge in [-0.3, -0.25) is 0 Å². The summed E-state index contributed by atoms with van der Waals surface area (Å²) in [6.45, 7) is 35.2. The Morgan fingerprint density at radius 3 is 0.771 bits per heavy atom. The SMILES string of the molecule is CC(C)(C)C.CC1C(C)C2CC3C(C)C(C)C(C)C4C(C)C(C)C(CC5C(C)C(C)C(C1C)C25)C34. The molecule has 5 aliphatic carbocycles. The fourth-order valence-corrected chi connectivity index (χ4v) is 11.6. The van der Waals surface area contributed by atoms with Gasteiger partial charge in [0.25, 0.3) is 0 Å². The van der Waals surface area contributed by atoms with Crippen molar-refractivity contribution in [1.82, 2.24) is 0 Å². The third kappa shape index (κ3) is 4.50. The predicted molar refractivity (Wildman–Crippen MR) is 154 cm³/mol. The van der Waals surface area contributed by atoms with Crippen LogP contribution in [0.15, 0.2) is 0 Å². The average Bonchev–Trinajstić information content (AvgIpc) is 3.13. The zero-order valence-electron chi connectivity index (χ0n) is 26.3. The highest BCUT2D eigenvalue weighted by atomic mass is 14.7. The molecule has 18 unspecified atom stereocenters. The zero-order chi connectivity index (χ0) is 26.3. The molecule has 0 radical (unpaired) electrons. The van der Waals surface area contributed by atoms with E-state index >= 15 is 0 Å². The lowest BCUT2D eigenvalue weighted by atomic mass is 9.48. The molecule has 0 aliphatic heterocycles. The zero-order valence-corrected chi connectivity index (χ0v) is 26.3. The first-order valence-corrected chi connectivity index (χ1v) is 16.1. The molecule has 35 heavy (non-hydrogen) atoms. The summed E-state index contributed by atoms with van der Waals surface area (Å²) in [7, 11) is 0. The summed E-state index contributed by atoms with van der Waals surface area (Å²) in [5.74, 6) is 17.4. The predicted octanol–water partition coefficient (Wildman–Crippen LogP) is 10.2. The Labute approximate surface area is 221 Å². The van der Waals surface area contributed by atoms with Gasteiger partial charge in [-0.25, -0.2) is 0 Å². The third-order valence-corrected chi connectivity index (χ3v) is 14.1. The van der Waals surface area contributed by atoms with Crippen LogP contribution in [0.25, 0.3) is 0 Å². The first-order chi connectivity index (χ1) is 16.1. The van der Waals surface area contributed by atoms with Crippen LogP contribution in [-0.2, 0) is 0 Å². The molecule has 0 aromatic carbocycles. The Balaban J connectivity index is 0.000000527. The minimum Gasteiger partial charge on any atom is -0.0620 e. The monoisotopic (exact) mass is 485 g/mol. The fourth-order valence-electron chi connectivity index (χ4n) is 11.6. The maximum atomic E-state index is 2.67. The molecule has 5 rings (SSSR count). The molecule has 204 valence electrons. The largest absolute Gasteiger partial charge is 0.0620 e. The summed E-state index contributed by atoms with van der Waals surface area (Å²) in [4.78, 5) is 0. The van der Waals surface area contributed by atoms with Crippen molar-refractivity contribution in [3.8, 4) is 0 Å². The average molecular weight is 485 g/mol. The second-order valence-electron chi connectivity index (χ2n) is 17.0. The topological polar surface area (TPSA) is 0 Å². The normalized spacial score (nSPS) is 59.5. The van der Waals surface area contributed by atoms with E-state index in [-0.39, 0.29) is 0 Å². The summed E-state index contributed by atoms with van der Waals surface area (Å²) in [6, 6.07) is 0. The summed E-state index contributed by atoms with van der Waals surface area (Å²) >= 11 is 0. The van der Waals surface area contributed by atoms with Gasteiger partial charge >= 0.3 is 0 Å². The van der Waals surface area contributed by atoms with Gasteiger partial charge in [0.05, 0.1) is 0 Å².